The van der Waals surface area contributed by atoms with Gasteiger partial charge in [0.2, 0.25) is 0 Å². The first-order chi connectivity index (χ1) is 10.9. The van der Waals surface area contributed by atoms with Crippen LogP contribution in [0, 0.1) is 0 Å². The van der Waals surface area contributed by atoms with Crippen molar-refractivity contribution < 1.29 is 34.4 Å². The van der Waals surface area contributed by atoms with Gasteiger partial charge >= 0.3 is 11.9 Å². The number of rotatable bonds is 3. The van der Waals surface area contributed by atoms with E-state index in [9.17, 15) is 24.9 Å². The molecule has 7 nitrogen and oxygen atoms in total. The third-order valence-corrected chi connectivity index (χ3v) is 4.03. The number of esters is 2. The lowest BCUT2D eigenvalue weighted by molar-refractivity contribution is -0.165. The molecule has 1 heterocycles. The summed E-state index contributed by atoms with van der Waals surface area (Å²) in [6.07, 6.45) is -0.563. The van der Waals surface area contributed by atoms with E-state index in [-0.39, 0.29) is 18.6 Å². The Bertz CT molecular complexity index is 651. The second-order valence-corrected chi connectivity index (χ2v) is 5.78. The highest BCUT2D eigenvalue weighted by Crippen LogP contribution is 2.39. The molecule has 122 valence electrons. The van der Waals surface area contributed by atoms with Crippen molar-refractivity contribution in [3.05, 3.63) is 35.9 Å². The van der Waals surface area contributed by atoms with Gasteiger partial charge in [0.05, 0.1) is 6.10 Å². The van der Waals surface area contributed by atoms with Crippen LogP contribution < -0.4 is 0 Å². The second kappa shape index (κ2) is 5.68. The molecule has 1 aliphatic carbocycles. The smallest absolute Gasteiger partial charge is 0.338 e. The van der Waals surface area contributed by atoms with E-state index in [0.29, 0.717) is 5.56 Å². The molecular formula is C16H16O7. The monoisotopic (exact) mass is 320 g/mol. The quantitative estimate of drug-likeness (QED) is 0.536. The maximum atomic E-state index is 11.9. The van der Waals surface area contributed by atoms with Gasteiger partial charge in [0, 0.05) is 18.9 Å². The van der Waals surface area contributed by atoms with Gasteiger partial charge in [-0.2, -0.15) is 0 Å². The largest absolute Gasteiger partial charge is 0.508 e. The van der Waals surface area contributed by atoms with Crippen LogP contribution >= 0.6 is 0 Å². The van der Waals surface area contributed by atoms with Gasteiger partial charge in [0.15, 0.2) is 11.7 Å². The molecule has 23 heavy (non-hydrogen) atoms. The summed E-state index contributed by atoms with van der Waals surface area (Å²) in [4.78, 5) is 23.4. The molecule has 7 heteroatoms. The van der Waals surface area contributed by atoms with E-state index < -0.39 is 35.9 Å². The second-order valence-electron chi connectivity index (χ2n) is 5.78. The topological polar surface area (TPSA) is 113 Å². The summed E-state index contributed by atoms with van der Waals surface area (Å²) in [6.45, 7) is 0. The molecule has 2 fully saturated rings. The van der Waals surface area contributed by atoms with Crippen molar-refractivity contribution in [2.24, 2.45) is 0 Å². The van der Waals surface area contributed by atoms with Crippen molar-refractivity contribution in [3.63, 3.8) is 0 Å². The van der Waals surface area contributed by atoms with E-state index in [1.807, 2.05) is 0 Å². The molecule has 1 saturated heterocycles. The minimum absolute atomic E-state index is 0.00250. The first-order valence-electron chi connectivity index (χ1n) is 7.17. The molecule has 2 bridgehead atoms. The SMILES string of the molecule is O=C(/C=C/c1ccc(O)cc1)O[C@H]1C2C[C@@](O)(C[C@@H]1O)C(=O)O2. The van der Waals surface area contributed by atoms with Crippen molar-refractivity contribution in [2.45, 2.75) is 36.8 Å². The molecule has 1 aromatic carbocycles. The molecule has 0 spiro atoms. The number of benzene rings is 1. The summed E-state index contributed by atoms with van der Waals surface area (Å²) in [5, 5.41) is 29.1. The zero-order valence-electron chi connectivity index (χ0n) is 12.1. The molecule has 3 N–H and O–H groups in total. The summed E-state index contributed by atoms with van der Waals surface area (Å²) in [5.41, 5.74) is -1.000. The van der Waals surface area contributed by atoms with Gasteiger partial charge in [0.1, 0.15) is 11.9 Å². The highest BCUT2D eigenvalue weighted by Gasteiger charge is 2.58. The number of aromatic hydroxyl groups is 1. The van der Waals surface area contributed by atoms with Crippen molar-refractivity contribution in [1.29, 1.82) is 0 Å². The van der Waals surface area contributed by atoms with Crippen LogP contribution in [0.15, 0.2) is 30.3 Å². The lowest BCUT2D eigenvalue weighted by atomic mass is 9.82. The maximum Gasteiger partial charge on any atom is 0.338 e. The Kier molecular flexibility index (Phi) is 3.83. The first kappa shape index (κ1) is 15.5. The predicted octanol–water partition coefficient (Wildman–Crippen LogP) is 0.128. The zero-order chi connectivity index (χ0) is 16.6. The average molecular weight is 320 g/mol. The predicted molar refractivity (Wildman–Crippen MR) is 77.1 cm³/mol. The lowest BCUT2D eigenvalue weighted by Gasteiger charge is -2.32. The Labute approximate surface area is 131 Å². The van der Waals surface area contributed by atoms with Crippen molar-refractivity contribution in [3.8, 4) is 5.75 Å². The Hall–Kier alpha value is -2.38. The molecule has 1 aliphatic heterocycles. The molecule has 1 aromatic rings. The van der Waals surface area contributed by atoms with E-state index >= 15 is 0 Å². The number of carbonyl (C=O) groups excluding carboxylic acids is 2. The maximum absolute atomic E-state index is 11.9. The Morgan fingerprint density at radius 3 is 2.70 bits per heavy atom. The van der Waals surface area contributed by atoms with Crippen molar-refractivity contribution in [1.82, 2.24) is 0 Å². The van der Waals surface area contributed by atoms with Crippen molar-refractivity contribution in [2.75, 3.05) is 0 Å². The van der Waals surface area contributed by atoms with Gasteiger partial charge in [0.25, 0.3) is 0 Å². The molecule has 1 unspecified atom stereocenters. The van der Waals surface area contributed by atoms with Crippen LogP contribution in [0.4, 0.5) is 0 Å². The van der Waals surface area contributed by atoms with E-state index in [4.69, 9.17) is 9.47 Å². The van der Waals surface area contributed by atoms with Gasteiger partial charge in [-0.3, -0.25) is 0 Å². The summed E-state index contributed by atoms with van der Waals surface area (Å²) in [5.74, 6) is -1.37. The number of carbonyl (C=O) groups is 2. The molecule has 0 aromatic heterocycles. The minimum atomic E-state index is -1.69. The summed E-state index contributed by atoms with van der Waals surface area (Å²) in [6, 6.07) is 6.20. The number of aliphatic hydroxyl groups excluding tert-OH is 1. The van der Waals surface area contributed by atoms with Crippen LogP contribution in [0.25, 0.3) is 6.08 Å². The third-order valence-electron chi connectivity index (χ3n) is 4.03. The van der Waals surface area contributed by atoms with Gasteiger partial charge in [-0.05, 0) is 23.8 Å². The fourth-order valence-corrected chi connectivity index (χ4v) is 2.84. The van der Waals surface area contributed by atoms with Crippen LogP contribution in [0.1, 0.15) is 18.4 Å². The molecule has 3 rings (SSSR count). The molecule has 4 atom stereocenters. The number of hydrogen-bond acceptors (Lipinski definition) is 7. The van der Waals surface area contributed by atoms with E-state index in [1.54, 1.807) is 12.1 Å². The summed E-state index contributed by atoms with van der Waals surface area (Å²) < 4.78 is 10.1. The highest BCUT2D eigenvalue weighted by molar-refractivity contribution is 5.87. The van der Waals surface area contributed by atoms with Gasteiger partial charge in [-0.1, -0.05) is 12.1 Å². The Balaban J connectivity index is 1.64. The normalized spacial score (nSPS) is 32.8. The van der Waals surface area contributed by atoms with Crippen LogP contribution in [0.2, 0.25) is 0 Å². The standard InChI is InChI=1S/C16H16O7/c17-10-4-1-9(2-5-10)3-6-13(19)23-14-11(18)7-16(21)8-12(14)22-15(16)20/h1-6,11-12,14,17-18,21H,7-8H2/b6-3+/t11-,12?,14+,16-/m0/s1. The van der Waals surface area contributed by atoms with Gasteiger partial charge in [-0.25, -0.2) is 9.59 Å². The van der Waals surface area contributed by atoms with E-state index in [1.165, 1.54) is 24.3 Å². The molecule has 2 aliphatic rings. The number of phenols is 1. The molecule has 1 saturated carbocycles. The summed E-state index contributed by atoms with van der Waals surface area (Å²) in [7, 11) is 0. The van der Waals surface area contributed by atoms with Gasteiger partial charge < -0.3 is 24.8 Å². The number of ether oxygens (including phenoxy) is 2. The minimum Gasteiger partial charge on any atom is -0.508 e. The fourth-order valence-electron chi connectivity index (χ4n) is 2.84. The Morgan fingerprint density at radius 2 is 2.00 bits per heavy atom. The van der Waals surface area contributed by atoms with Crippen LogP contribution in [0.3, 0.4) is 0 Å². The van der Waals surface area contributed by atoms with Gasteiger partial charge in [-0.15, -0.1) is 0 Å². The number of aliphatic hydroxyl groups is 2. The third kappa shape index (κ3) is 3.06. The van der Waals surface area contributed by atoms with Crippen LogP contribution in [0.5, 0.6) is 5.75 Å². The molecule has 0 amide bonds. The summed E-state index contributed by atoms with van der Waals surface area (Å²) >= 11 is 0. The van der Waals surface area contributed by atoms with E-state index in [2.05, 4.69) is 0 Å². The highest BCUT2D eigenvalue weighted by atomic mass is 16.6. The van der Waals surface area contributed by atoms with Crippen molar-refractivity contribution >= 4 is 18.0 Å². The van der Waals surface area contributed by atoms with Crippen LogP contribution in [-0.4, -0.2) is 51.2 Å². The first-order valence-corrected chi connectivity index (χ1v) is 7.17. The molecule has 0 radical (unpaired) electrons. The zero-order valence-corrected chi connectivity index (χ0v) is 12.1. The number of hydrogen-bond donors (Lipinski definition) is 3. The number of fused-ring (bicyclic) bond motifs is 2. The fraction of sp³-hybridized carbons (Fsp3) is 0.375. The lowest BCUT2D eigenvalue weighted by Crippen LogP contribution is -2.50. The molecular weight excluding hydrogens is 304 g/mol. The van der Waals surface area contributed by atoms with Crippen LogP contribution in [-0.2, 0) is 19.1 Å². The number of phenolic OH excluding ortho intramolecular Hbond substituents is 1. The average Bonchev–Trinajstić information content (AvgIpc) is 2.74. The van der Waals surface area contributed by atoms with E-state index in [0.717, 1.165) is 0 Å². The Morgan fingerprint density at radius 1 is 1.30 bits per heavy atom.